The molecule has 0 saturated carbocycles. The molecule has 37 heavy (non-hydrogen) atoms. The number of hydrogen-bond donors (Lipinski definition) is 2. The van der Waals surface area contributed by atoms with Gasteiger partial charge in [-0.25, -0.2) is 4.79 Å². The molecule has 2 aromatic rings. The maximum Gasteiger partial charge on any atom is 0.420 e. The average Bonchev–Trinajstić information content (AvgIpc) is 2.81. The lowest BCUT2D eigenvalue weighted by atomic mass is 9.87. The summed E-state index contributed by atoms with van der Waals surface area (Å²) in [5.74, 6) is -0.943. The Balaban J connectivity index is 1.84. The molecule has 7 heteroatoms. The van der Waals surface area contributed by atoms with Gasteiger partial charge in [0.25, 0.3) is 0 Å². The molecule has 0 saturated heterocycles. The molecule has 0 aromatic heterocycles. The summed E-state index contributed by atoms with van der Waals surface area (Å²) in [5.41, 5.74) is 1.34. The molecular formula is C30H28F3NO3. The van der Waals surface area contributed by atoms with Crippen LogP contribution in [0.2, 0.25) is 0 Å². The van der Waals surface area contributed by atoms with Gasteiger partial charge in [0.15, 0.2) is 0 Å². The Labute approximate surface area is 214 Å². The molecule has 0 radical (unpaired) electrons. The predicted octanol–water partition coefficient (Wildman–Crippen LogP) is 8.17. The molecule has 2 unspecified atom stereocenters. The second-order valence-electron chi connectivity index (χ2n) is 9.35. The number of fused-ring (bicyclic) bond motifs is 1. The van der Waals surface area contributed by atoms with E-state index in [9.17, 15) is 23.1 Å². The smallest absolute Gasteiger partial charge is 0.420 e. The third kappa shape index (κ3) is 5.40. The first-order valence-electron chi connectivity index (χ1n) is 11.9. The highest BCUT2D eigenvalue weighted by atomic mass is 19.4. The SMILES string of the molecule is C=C1C(C(F)(F)F)=C(C2=CCC(C)/C=C/C=C2)Oc2c1cc(C)cc2C(C)Nc1ccccc1C(=O)O. The van der Waals surface area contributed by atoms with E-state index in [1.54, 1.807) is 49.4 Å². The number of para-hydroxylation sites is 1. The molecule has 2 N–H and O–H groups in total. The topological polar surface area (TPSA) is 58.6 Å². The number of ether oxygens (including phenoxy) is 1. The molecule has 0 fully saturated rings. The van der Waals surface area contributed by atoms with Crippen LogP contribution in [0.5, 0.6) is 5.75 Å². The summed E-state index contributed by atoms with van der Waals surface area (Å²) in [6, 6.07) is 9.45. The van der Waals surface area contributed by atoms with Crippen molar-refractivity contribution in [2.45, 2.75) is 39.4 Å². The number of rotatable bonds is 5. The zero-order valence-electron chi connectivity index (χ0n) is 20.8. The van der Waals surface area contributed by atoms with E-state index < -0.39 is 23.8 Å². The van der Waals surface area contributed by atoms with Gasteiger partial charge in [0.1, 0.15) is 17.1 Å². The number of nitrogens with one attached hydrogen (secondary N) is 1. The number of carbonyl (C=O) groups is 1. The van der Waals surface area contributed by atoms with Gasteiger partial charge >= 0.3 is 12.1 Å². The highest BCUT2D eigenvalue weighted by Crippen LogP contribution is 2.49. The highest BCUT2D eigenvalue weighted by molar-refractivity contribution is 5.94. The Bertz CT molecular complexity index is 1380. The van der Waals surface area contributed by atoms with E-state index in [1.807, 2.05) is 32.1 Å². The average molecular weight is 508 g/mol. The van der Waals surface area contributed by atoms with E-state index in [0.29, 0.717) is 23.2 Å². The van der Waals surface area contributed by atoms with Crippen LogP contribution in [0.3, 0.4) is 0 Å². The monoisotopic (exact) mass is 507 g/mol. The van der Waals surface area contributed by atoms with Crippen molar-refractivity contribution in [2.24, 2.45) is 5.92 Å². The molecule has 1 aliphatic carbocycles. The second kappa shape index (κ2) is 10.2. The number of aromatic carboxylic acids is 1. The molecule has 2 aromatic carbocycles. The van der Waals surface area contributed by atoms with Crippen LogP contribution in [-0.2, 0) is 0 Å². The second-order valence-corrected chi connectivity index (χ2v) is 9.35. The zero-order valence-corrected chi connectivity index (χ0v) is 20.8. The van der Waals surface area contributed by atoms with Gasteiger partial charge in [0, 0.05) is 22.4 Å². The van der Waals surface area contributed by atoms with Crippen LogP contribution >= 0.6 is 0 Å². The van der Waals surface area contributed by atoms with Gasteiger partial charge in [-0.05, 0) is 55.5 Å². The van der Waals surface area contributed by atoms with Gasteiger partial charge in [0.05, 0.1) is 11.6 Å². The summed E-state index contributed by atoms with van der Waals surface area (Å²) in [6.45, 7) is 9.43. The number of allylic oxidation sites excluding steroid dienone is 7. The first kappa shape index (κ1) is 26.1. The Morgan fingerprint density at radius 1 is 1.22 bits per heavy atom. The zero-order chi connectivity index (χ0) is 26.9. The minimum absolute atomic E-state index is 0.0909. The van der Waals surface area contributed by atoms with Crippen molar-refractivity contribution in [2.75, 3.05) is 5.32 Å². The number of hydrogen-bond acceptors (Lipinski definition) is 3. The third-order valence-electron chi connectivity index (χ3n) is 6.40. The lowest BCUT2D eigenvalue weighted by molar-refractivity contribution is -0.0894. The largest absolute Gasteiger partial charge is 0.478 e. The number of halogens is 3. The molecular weight excluding hydrogens is 479 g/mol. The van der Waals surface area contributed by atoms with Crippen LogP contribution in [0.25, 0.3) is 5.57 Å². The van der Waals surface area contributed by atoms with Crippen LogP contribution in [0.15, 0.2) is 90.3 Å². The molecule has 2 aliphatic rings. The summed E-state index contributed by atoms with van der Waals surface area (Å²) in [6.07, 6.45) is 4.74. The summed E-state index contributed by atoms with van der Waals surface area (Å²) >= 11 is 0. The van der Waals surface area contributed by atoms with Crippen molar-refractivity contribution in [3.8, 4) is 5.75 Å². The number of benzene rings is 2. The molecule has 2 atom stereocenters. The molecule has 1 aliphatic heterocycles. The minimum Gasteiger partial charge on any atom is -0.478 e. The Kier molecular flexibility index (Phi) is 7.16. The molecule has 4 rings (SSSR count). The number of alkyl halides is 3. The van der Waals surface area contributed by atoms with Crippen LogP contribution in [0.1, 0.15) is 53.4 Å². The number of carboxylic acid groups (broad SMARTS) is 1. The predicted molar refractivity (Wildman–Crippen MR) is 140 cm³/mol. The van der Waals surface area contributed by atoms with Crippen LogP contribution < -0.4 is 10.1 Å². The van der Waals surface area contributed by atoms with Crippen LogP contribution in [-0.4, -0.2) is 17.3 Å². The fourth-order valence-electron chi connectivity index (χ4n) is 4.54. The molecule has 0 spiro atoms. The van der Waals surface area contributed by atoms with Gasteiger partial charge in [0.2, 0.25) is 0 Å². The normalized spacial score (nSPS) is 19.2. The number of anilines is 1. The molecule has 4 nitrogen and oxygen atoms in total. The molecule has 0 bridgehead atoms. The van der Waals surface area contributed by atoms with Crippen LogP contribution in [0.4, 0.5) is 18.9 Å². The molecule has 192 valence electrons. The van der Waals surface area contributed by atoms with Crippen molar-refractivity contribution in [3.05, 3.63) is 113 Å². The highest BCUT2D eigenvalue weighted by Gasteiger charge is 2.43. The van der Waals surface area contributed by atoms with Gasteiger partial charge in [-0.1, -0.05) is 62.1 Å². The van der Waals surface area contributed by atoms with Crippen molar-refractivity contribution in [1.82, 2.24) is 0 Å². The summed E-state index contributed by atoms with van der Waals surface area (Å²) in [4.78, 5) is 11.7. The number of aryl methyl sites for hydroxylation is 1. The Morgan fingerprint density at radius 2 is 1.95 bits per heavy atom. The lowest BCUT2D eigenvalue weighted by Gasteiger charge is -2.31. The third-order valence-corrected chi connectivity index (χ3v) is 6.40. The Hall–Kier alpha value is -4.00. The van der Waals surface area contributed by atoms with Gasteiger partial charge in [-0.2, -0.15) is 13.2 Å². The summed E-state index contributed by atoms with van der Waals surface area (Å²) < 4.78 is 49.3. The fourth-order valence-corrected chi connectivity index (χ4v) is 4.54. The van der Waals surface area contributed by atoms with Gasteiger partial charge in [-0.3, -0.25) is 0 Å². The van der Waals surface area contributed by atoms with E-state index in [4.69, 9.17) is 4.74 Å². The van der Waals surface area contributed by atoms with E-state index in [-0.39, 0.29) is 34.1 Å². The molecule has 0 amide bonds. The first-order chi connectivity index (χ1) is 17.5. The van der Waals surface area contributed by atoms with Crippen molar-refractivity contribution in [3.63, 3.8) is 0 Å². The van der Waals surface area contributed by atoms with Gasteiger partial charge < -0.3 is 15.2 Å². The van der Waals surface area contributed by atoms with Crippen molar-refractivity contribution in [1.29, 1.82) is 0 Å². The number of carboxylic acids is 1. The maximum atomic E-state index is 14.4. The quantitative estimate of drug-likeness (QED) is 0.429. The fraction of sp³-hybridized carbons (Fsp3) is 0.233. The van der Waals surface area contributed by atoms with Crippen molar-refractivity contribution < 1.29 is 27.8 Å². The van der Waals surface area contributed by atoms with E-state index in [0.717, 1.165) is 5.56 Å². The van der Waals surface area contributed by atoms with E-state index in [2.05, 4.69) is 11.9 Å². The minimum atomic E-state index is -4.68. The summed E-state index contributed by atoms with van der Waals surface area (Å²) in [7, 11) is 0. The molecule has 1 heterocycles. The van der Waals surface area contributed by atoms with Crippen molar-refractivity contribution >= 4 is 17.2 Å². The first-order valence-corrected chi connectivity index (χ1v) is 11.9. The lowest BCUT2D eigenvalue weighted by Crippen LogP contribution is -2.24. The van der Waals surface area contributed by atoms with E-state index in [1.165, 1.54) is 6.07 Å². The van der Waals surface area contributed by atoms with E-state index >= 15 is 0 Å². The Morgan fingerprint density at radius 3 is 2.65 bits per heavy atom. The van der Waals surface area contributed by atoms with Gasteiger partial charge in [-0.15, -0.1) is 0 Å². The maximum absolute atomic E-state index is 14.4. The summed E-state index contributed by atoms with van der Waals surface area (Å²) in [5, 5.41) is 12.8. The van der Waals surface area contributed by atoms with Crippen LogP contribution in [0, 0.1) is 12.8 Å². The standard InChI is InChI=1S/C30H28F3NO3/c1-17-9-5-6-10-21(14-13-17)27-26(30(31,32)33)19(3)23-15-18(2)16-24(28(23)37-27)20(4)34-25-12-8-7-11-22(25)29(35)36/h5-12,14-17,20,34H,3,13H2,1-2,4H3,(H,35,36)/b9-5+,10-6?,21-14?.